The zero-order chi connectivity index (χ0) is 30.8. The topological polar surface area (TPSA) is 137 Å². The number of carboxylic acid groups (broad SMARTS) is 1. The molecule has 3 aromatic rings. The van der Waals surface area contributed by atoms with Gasteiger partial charge in [-0.1, -0.05) is 55.8 Å². The summed E-state index contributed by atoms with van der Waals surface area (Å²) in [7, 11) is 0. The summed E-state index contributed by atoms with van der Waals surface area (Å²) in [6.45, 7) is 5.80. The Kier molecular flexibility index (Phi) is 11.5. The molecule has 4 rings (SSSR count). The van der Waals surface area contributed by atoms with Crippen LogP contribution in [0.1, 0.15) is 88.4 Å². The lowest BCUT2D eigenvalue weighted by molar-refractivity contribution is 0.0587. The van der Waals surface area contributed by atoms with Gasteiger partial charge in [-0.25, -0.2) is 4.79 Å². The number of aliphatic hydroxyl groups is 1. The van der Waals surface area contributed by atoms with Crippen LogP contribution in [0.25, 0.3) is 0 Å². The van der Waals surface area contributed by atoms with Crippen LogP contribution >= 0.6 is 0 Å². The van der Waals surface area contributed by atoms with Gasteiger partial charge < -0.3 is 25.7 Å². The Morgan fingerprint density at radius 1 is 1.02 bits per heavy atom. The molecule has 1 aromatic heterocycles. The number of carbonyl (C=O) groups excluding carboxylic acids is 2. The van der Waals surface area contributed by atoms with Gasteiger partial charge in [0.25, 0.3) is 11.8 Å². The first kappa shape index (κ1) is 31.9. The van der Waals surface area contributed by atoms with E-state index in [2.05, 4.69) is 22.7 Å². The van der Waals surface area contributed by atoms with Crippen LogP contribution in [0.4, 0.5) is 0 Å². The Bertz CT molecular complexity index is 1360. The number of hydrogen-bond acceptors (Lipinski definition) is 6. The fraction of sp³-hybridized carbons (Fsp3) is 0.455. The van der Waals surface area contributed by atoms with Crippen LogP contribution in [0.5, 0.6) is 0 Å². The van der Waals surface area contributed by atoms with Gasteiger partial charge in [0.1, 0.15) is 5.69 Å². The molecule has 0 aliphatic carbocycles. The fourth-order valence-electron chi connectivity index (χ4n) is 5.65. The Hall–Kier alpha value is -4.02. The summed E-state index contributed by atoms with van der Waals surface area (Å²) in [4.78, 5) is 40.2. The van der Waals surface area contributed by atoms with Gasteiger partial charge in [-0.05, 0) is 62.3 Å². The van der Waals surface area contributed by atoms with E-state index in [1.54, 1.807) is 22.9 Å². The molecule has 0 bridgehead atoms. The van der Waals surface area contributed by atoms with Crippen molar-refractivity contribution < 1.29 is 24.6 Å². The molecule has 0 saturated carbocycles. The average Bonchev–Trinajstić information content (AvgIpc) is 3.46. The third-order valence-electron chi connectivity index (χ3n) is 8.00. The van der Waals surface area contributed by atoms with Gasteiger partial charge in [0.05, 0.1) is 17.7 Å². The molecule has 1 saturated heterocycles. The number of aromatic carboxylic acids is 1. The Labute approximate surface area is 253 Å². The predicted octanol–water partition coefficient (Wildman–Crippen LogP) is 3.89. The lowest BCUT2D eigenvalue weighted by atomic mass is 9.98. The number of aromatic nitrogens is 2. The lowest BCUT2D eigenvalue weighted by Crippen LogP contribution is -2.48. The number of likely N-dealkylation sites (tertiary alicyclic amines) is 1. The van der Waals surface area contributed by atoms with Crippen molar-refractivity contribution in [1.29, 1.82) is 0 Å². The van der Waals surface area contributed by atoms with E-state index in [9.17, 15) is 19.5 Å². The van der Waals surface area contributed by atoms with E-state index in [-0.39, 0.29) is 29.8 Å². The van der Waals surface area contributed by atoms with Crippen LogP contribution in [0.2, 0.25) is 0 Å². The molecule has 0 spiro atoms. The maximum absolute atomic E-state index is 13.6. The van der Waals surface area contributed by atoms with Gasteiger partial charge in [-0.3, -0.25) is 14.3 Å². The molecule has 1 aliphatic heterocycles. The maximum atomic E-state index is 13.6. The molecule has 43 heavy (non-hydrogen) atoms. The second-order valence-corrected chi connectivity index (χ2v) is 11.1. The van der Waals surface area contributed by atoms with Gasteiger partial charge in [0.2, 0.25) is 0 Å². The highest BCUT2D eigenvalue weighted by molar-refractivity contribution is 5.98. The van der Waals surface area contributed by atoms with Crippen molar-refractivity contribution in [2.24, 2.45) is 0 Å². The van der Waals surface area contributed by atoms with E-state index in [4.69, 9.17) is 5.11 Å². The van der Waals surface area contributed by atoms with Gasteiger partial charge in [-0.15, -0.1) is 0 Å². The lowest BCUT2D eigenvalue weighted by Gasteiger charge is -2.35. The summed E-state index contributed by atoms with van der Waals surface area (Å²) in [5.41, 5.74) is 2.59. The molecule has 230 valence electrons. The SMILES string of the molecule is CCCC1CCCCN1C(=O)c1cc(C(=O)N[C@@H](Cc2ccccc2)[C@H](O)CNCc2ccc(C(=O)O)cc2)nn1CC. The van der Waals surface area contributed by atoms with Crippen LogP contribution in [-0.2, 0) is 19.5 Å². The fourth-order valence-corrected chi connectivity index (χ4v) is 5.65. The molecule has 1 aliphatic rings. The third kappa shape index (κ3) is 8.52. The Morgan fingerprint density at radius 3 is 2.44 bits per heavy atom. The molecule has 10 nitrogen and oxygen atoms in total. The Balaban J connectivity index is 1.46. The number of piperidine rings is 1. The highest BCUT2D eigenvalue weighted by atomic mass is 16.4. The number of carbonyl (C=O) groups is 3. The van der Waals surface area contributed by atoms with Crippen molar-refractivity contribution in [3.8, 4) is 0 Å². The Morgan fingerprint density at radius 2 is 1.77 bits per heavy atom. The largest absolute Gasteiger partial charge is 0.478 e. The van der Waals surface area contributed by atoms with Crippen molar-refractivity contribution >= 4 is 17.8 Å². The van der Waals surface area contributed by atoms with Gasteiger partial charge in [-0.2, -0.15) is 5.10 Å². The van der Waals surface area contributed by atoms with Crippen LogP contribution in [0, 0.1) is 0 Å². The zero-order valence-electron chi connectivity index (χ0n) is 25.0. The van der Waals surface area contributed by atoms with Gasteiger partial charge in [0, 0.05) is 38.3 Å². The summed E-state index contributed by atoms with van der Waals surface area (Å²) < 4.78 is 1.59. The first-order valence-electron chi connectivity index (χ1n) is 15.2. The number of nitrogens with zero attached hydrogens (tertiary/aromatic N) is 3. The molecule has 4 N–H and O–H groups in total. The molecular weight excluding hydrogens is 546 g/mol. The van der Waals surface area contributed by atoms with Crippen LogP contribution < -0.4 is 10.6 Å². The van der Waals surface area contributed by atoms with E-state index < -0.39 is 24.0 Å². The third-order valence-corrected chi connectivity index (χ3v) is 8.00. The van der Waals surface area contributed by atoms with E-state index in [1.807, 2.05) is 42.2 Å². The highest BCUT2D eigenvalue weighted by Gasteiger charge is 2.31. The molecule has 10 heteroatoms. The smallest absolute Gasteiger partial charge is 0.335 e. The van der Waals surface area contributed by atoms with E-state index in [1.165, 1.54) is 12.1 Å². The molecule has 2 aromatic carbocycles. The second kappa shape index (κ2) is 15.5. The predicted molar refractivity (Wildman–Crippen MR) is 164 cm³/mol. The van der Waals surface area contributed by atoms with Crippen LogP contribution in [-0.4, -0.2) is 74.0 Å². The molecule has 2 heterocycles. The number of amides is 2. The minimum atomic E-state index is -0.984. The van der Waals surface area contributed by atoms with E-state index >= 15 is 0 Å². The first-order valence-corrected chi connectivity index (χ1v) is 15.2. The molecule has 1 fully saturated rings. The summed E-state index contributed by atoms with van der Waals surface area (Å²) in [6, 6.07) is 17.3. The van der Waals surface area contributed by atoms with Gasteiger partial charge >= 0.3 is 5.97 Å². The monoisotopic (exact) mass is 589 g/mol. The highest BCUT2D eigenvalue weighted by Crippen LogP contribution is 2.23. The van der Waals surface area contributed by atoms with Crippen molar-refractivity contribution in [1.82, 2.24) is 25.3 Å². The molecule has 1 unspecified atom stereocenters. The number of benzene rings is 2. The average molecular weight is 590 g/mol. The first-order chi connectivity index (χ1) is 20.8. The quantitative estimate of drug-likeness (QED) is 0.224. The molecule has 2 amide bonds. The molecule has 0 radical (unpaired) electrons. The zero-order valence-corrected chi connectivity index (χ0v) is 25.0. The second-order valence-electron chi connectivity index (χ2n) is 11.1. The summed E-state index contributed by atoms with van der Waals surface area (Å²) in [6.07, 6.45) is 4.52. The van der Waals surface area contributed by atoms with E-state index in [0.717, 1.165) is 43.2 Å². The number of rotatable bonds is 14. The standard InChI is InChI=1S/C33H43N5O5/c1-3-10-26-13-8-9-18-37(26)32(41)29-20-28(36-38(29)4-2)31(40)35-27(19-23-11-6-5-7-12-23)30(39)22-34-21-24-14-16-25(17-15-24)33(42)43/h5-7,11-12,14-17,20,26-27,30,34,39H,3-4,8-10,13,18-19,21-22H2,1-2H3,(H,35,40)(H,42,43)/t26?,27-,30+/m0/s1. The van der Waals surface area contributed by atoms with E-state index in [0.29, 0.717) is 31.7 Å². The van der Waals surface area contributed by atoms with Crippen molar-refractivity contribution in [2.75, 3.05) is 13.1 Å². The maximum Gasteiger partial charge on any atom is 0.335 e. The summed E-state index contributed by atoms with van der Waals surface area (Å²) >= 11 is 0. The molecule has 3 atom stereocenters. The minimum absolute atomic E-state index is 0.0898. The number of aryl methyl sites for hydroxylation is 1. The minimum Gasteiger partial charge on any atom is -0.478 e. The number of hydrogen-bond donors (Lipinski definition) is 4. The number of aliphatic hydroxyl groups excluding tert-OH is 1. The summed E-state index contributed by atoms with van der Waals surface area (Å²) in [5.74, 6) is -1.52. The molecular formula is C33H43N5O5. The number of nitrogens with one attached hydrogen (secondary N) is 2. The summed E-state index contributed by atoms with van der Waals surface area (Å²) in [5, 5.41) is 30.9. The van der Waals surface area contributed by atoms with Gasteiger partial charge in [0.15, 0.2) is 5.69 Å². The van der Waals surface area contributed by atoms with Crippen molar-refractivity contribution in [3.63, 3.8) is 0 Å². The van der Waals surface area contributed by atoms with Crippen LogP contribution in [0.3, 0.4) is 0 Å². The normalized spacial score (nSPS) is 16.4. The van der Waals surface area contributed by atoms with Crippen molar-refractivity contribution in [2.45, 2.75) is 83.6 Å². The van der Waals surface area contributed by atoms with Crippen molar-refractivity contribution in [3.05, 3.63) is 88.7 Å². The number of carboxylic acids is 1. The van der Waals surface area contributed by atoms with Crippen LogP contribution in [0.15, 0.2) is 60.7 Å².